The molecule has 0 aliphatic heterocycles. The lowest BCUT2D eigenvalue weighted by molar-refractivity contribution is -0.137. The summed E-state index contributed by atoms with van der Waals surface area (Å²) in [4.78, 5) is 28.5. The summed E-state index contributed by atoms with van der Waals surface area (Å²) < 4.78 is 66.1. The molecule has 3 aromatic rings. The Balaban J connectivity index is 1.87. The molecule has 2 amide bonds. The molecule has 1 N–H and O–H groups in total. The van der Waals surface area contributed by atoms with Gasteiger partial charge in [0.1, 0.15) is 17.2 Å². The number of aromatic nitrogens is 1. The number of benzene rings is 2. The second-order valence-electron chi connectivity index (χ2n) is 5.89. The second-order valence-corrected chi connectivity index (χ2v) is 6.89. The summed E-state index contributed by atoms with van der Waals surface area (Å²) >= 11 is 0.755. The molecule has 3 rings (SSSR count). The van der Waals surface area contributed by atoms with Crippen LogP contribution in [0.2, 0.25) is 0 Å². The van der Waals surface area contributed by atoms with Gasteiger partial charge in [-0.1, -0.05) is 18.2 Å². The predicted molar refractivity (Wildman–Crippen MR) is 95.4 cm³/mol. The predicted octanol–water partition coefficient (Wildman–Crippen LogP) is 4.99. The van der Waals surface area contributed by atoms with Gasteiger partial charge in [0.15, 0.2) is 5.01 Å². The number of amides is 2. The average Bonchev–Trinajstić information content (AvgIpc) is 3.03. The Morgan fingerprint density at radius 1 is 1.00 bits per heavy atom. The third-order valence-corrected chi connectivity index (χ3v) is 5.07. The average molecular weight is 426 g/mol. The summed E-state index contributed by atoms with van der Waals surface area (Å²) in [5, 5.41) is 1.60. The quantitative estimate of drug-likeness (QED) is 0.475. The van der Waals surface area contributed by atoms with Crippen molar-refractivity contribution >= 4 is 23.2 Å². The molecule has 0 unspecified atom stereocenters. The maximum Gasteiger partial charge on any atom is 0.416 e. The third kappa shape index (κ3) is 4.32. The zero-order chi connectivity index (χ0) is 21.3. The zero-order valence-electron chi connectivity index (χ0n) is 14.6. The van der Waals surface area contributed by atoms with Gasteiger partial charge in [-0.2, -0.15) is 13.2 Å². The number of nitrogens with one attached hydrogen (secondary N) is 1. The largest absolute Gasteiger partial charge is 0.416 e. The number of hydrogen-bond acceptors (Lipinski definition) is 4. The van der Waals surface area contributed by atoms with E-state index in [1.807, 2.05) is 5.32 Å². The molecular weight excluding hydrogens is 415 g/mol. The van der Waals surface area contributed by atoms with Gasteiger partial charge in [0.2, 0.25) is 0 Å². The maximum atomic E-state index is 13.7. The smallest absolute Gasteiger partial charge is 0.286 e. The number of halogens is 5. The molecule has 4 nitrogen and oxygen atoms in total. The van der Waals surface area contributed by atoms with Gasteiger partial charge >= 0.3 is 6.18 Å². The summed E-state index contributed by atoms with van der Waals surface area (Å²) in [6.45, 7) is 1.49. The van der Waals surface area contributed by atoms with Crippen molar-refractivity contribution in [1.82, 2.24) is 10.3 Å². The molecule has 0 fully saturated rings. The van der Waals surface area contributed by atoms with Crippen molar-refractivity contribution in [2.24, 2.45) is 0 Å². The van der Waals surface area contributed by atoms with Crippen LogP contribution in [0.1, 0.15) is 31.4 Å². The third-order valence-electron chi connectivity index (χ3n) is 3.86. The minimum Gasteiger partial charge on any atom is -0.286 e. The van der Waals surface area contributed by atoms with E-state index in [0.29, 0.717) is 4.88 Å². The van der Waals surface area contributed by atoms with E-state index in [1.54, 1.807) is 0 Å². The Morgan fingerprint density at radius 3 is 2.24 bits per heavy atom. The first-order valence-electron chi connectivity index (χ1n) is 8.02. The van der Waals surface area contributed by atoms with E-state index in [4.69, 9.17) is 0 Å². The first-order valence-corrected chi connectivity index (χ1v) is 8.84. The summed E-state index contributed by atoms with van der Waals surface area (Å²) in [5.41, 5.74) is -1.32. The van der Waals surface area contributed by atoms with Crippen molar-refractivity contribution in [2.75, 3.05) is 0 Å². The molecule has 10 heteroatoms. The van der Waals surface area contributed by atoms with Crippen LogP contribution in [0.25, 0.3) is 10.4 Å². The van der Waals surface area contributed by atoms with Gasteiger partial charge < -0.3 is 0 Å². The van der Waals surface area contributed by atoms with E-state index >= 15 is 0 Å². The Hall–Kier alpha value is -3.14. The first kappa shape index (κ1) is 20.6. The van der Waals surface area contributed by atoms with Gasteiger partial charge in [-0.15, -0.1) is 11.3 Å². The molecule has 29 heavy (non-hydrogen) atoms. The topological polar surface area (TPSA) is 59.1 Å². The van der Waals surface area contributed by atoms with Gasteiger partial charge in [-0.05, 0) is 36.8 Å². The minimum atomic E-state index is -4.54. The van der Waals surface area contributed by atoms with E-state index < -0.39 is 40.8 Å². The Labute approximate surface area is 165 Å². The minimum absolute atomic E-state index is 0.195. The SMILES string of the molecule is Cc1nc(C(=O)NC(=O)c2c(F)cccc2F)sc1-c1cccc(C(F)(F)F)c1. The molecule has 0 spiro atoms. The molecule has 1 aromatic heterocycles. The number of rotatable bonds is 3. The number of alkyl halides is 3. The lowest BCUT2D eigenvalue weighted by atomic mass is 10.1. The van der Waals surface area contributed by atoms with E-state index in [-0.39, 0.29) is 16.3 Å². The molecular formula is C19H11F5N2O2S. The van der Waals surface area contributed by atoms with Crippen LogP contribution < -0.4 is 5.32 Å². The number of aryl methyl sites for hydroxylation is 1. The monoisotopic (exact) mass is 426 g/mol. The van der Waals surface area contributed by atoms with Crippen molar-refractivity contribution < 1.29 is 31.5 Å². The summed E-state index contributed by atoms with van der Waals surface area (Å²) in [6.07, 6.45) is -4.54. The van der Waals surface area contributed by atoms with Crippen molar-refractivity contribution in [3.05, 3.63) is 75.9 Å². The molecule has 0 radical (unpaired) electrons. The molecule has 0 saturated carbocycles. The Morgan fingerprint density at radius 2 is 1.62 bits per heavy atom. The van der Waals surface area contributed by atoms with Crippen LogP contribution in [-0.2, 0) is 6.18 Å². The van der Waals surface area contributed by atoms with Crippen molar-refractivity contribution in [1.29, 1.82) is 0 Å². The highest BCUT2D eigenvalue weighted by molar-refractivity contribution is 7.17. The van der Waals surface area contributed by atoms with E-state index in [9.17, 15) is 31.5 Å². The highest BCUT2D eigenvalue weighted by atomic mass is 32.1. The van der Waals surface area contributed by atoms with Crippen LogP contribution in [0.3, 0.4) is 0 Å². The Bertz CT molecular complexity index is 1090. The zero-order valence-corrected chi connectivity index (χ0v) is 15.4. The molecule has 2 aromatic carbocycles. The van der Waals surface area contributed by atoms with Gasteiger partial charge in [0, 0.05) is 0 Å². The van der Waals surface area contributed by atoms with Gasteiger partial charge in [0.25, 0.3) is 11.8 Å². The normalized spacial score (nSPS) is 11.4. The van der Waals surface area contributed by atoms with Gasteiger partial charge in [-0.3, -0.25) is 14.9 Å². The fourth-order valence-electron chi connectivity index (χ4n) is 2.53. The molecule has 0 saturated heterocycles. The van der Waals surface area contributed by atoms with Crippen molar-refractivity contribution in [3.63, 3.8) is 0 Å². The number of carbonyl (C=O) groups excluding carboxylic acids is 2. The second kappa shape index (κ2) is 7.70. The molecule has 1 heterocycles. The number of carbonyl (C=O) groups is 2. The van der Waals surface area contributed by atoms with E-state index in [2.05, 4.69) is 4.98 Å². The number of thiazole rings is 1. The number of hydrogen-bond donors (Lipinski definition) is 1. The lowest BCUT2D eigenvalue weighted by Gasteiger charge is -2.07. The molecule has 0 aliphatic carbocycles. The molecule has 0 bridgehead atoms. The standard InChI is InChI=1S/C19H11F5N2O2S/c1-9-15(10-4-2-5-11(8-10)19(22,23)24)29-18(25-9)17(28)26-16(27)14-12(20)6-3-7-13(14)21/h2-8H,1H3,(H,26,27,28). The fourth-order valence-corrected chi connectivity index (χ4v) is 3.49. The first-order chi connectivity index (χ1) is 13.6. The van der Waals surface area contributed by atoms with Crippen LogP contribution in [0.15, 0.2) is 42.5 Å². The highest BCUT2D eigenvalue weighted by Crippen LogP contribution is 2.35. The summed E-state index contributed by atoms with van der Waals surface area (Å²) in [5.74, 6) is -4.60. The molecule has 0 atom stereocenters. The summed E-state index contributed by atoms with van der Waals surface area (Å²) in [7, 11) is 0. The highest BCUT2D eigenvalue weighted by Gasteiger charge is 2.31. The Kier molecular flexibility index (Phi) is 5.47. The molecule has 0 aliphatic rings. The molecule has 150 valence electrons. The van der Waals surface area contributed by atoms with Crippen LogP contribution in [0, 0.1) is 18.6 Å². The van der Waals surface area contributed by atoms with E-state index in [0.717, 1.165) is 41.7 Å². The lowest BCUT2D eigenvalue weighted by Crippen LogP contribution is -2.31. The summed E-state index contributed by atoms with van der Waals surface area (Å²) in [6, 6.07) is 7.27. The number of nitrogens with zero attached hydrogens (tertiary/aromatic N) is 1. The van der Waals surface area contributed by atoms with Gasteiger partial charge in [0.05, 0.1) is 16.1 Å². The number of imide groups is 1. The van der Waals surface area contributed by atoms with Crippen LogP contribution >= 0.6 is 11.3 Å². The van der Waals surface area contributed by atoms with Crippen LogP contribution in [0.5, 0.6) is 0 Å². The van der Waals surface area contributed by atoms with Crippen molar-refractivity contribution in [2.45, 2.75) is 13.1 Å². The van der Waals surface area contributed by atoms with Crippen LogP contribution in [0.4, 0.5) is 22.0 Å². The van der Waals surface area contributed by atoms with Gasteiger partial charge in [-0.25, -0.2) is 13.8 Å². The van der Waals surface area contributed by atoms with E-state index in [1.165, 1.54) is 19.1 Å². The maximum absolute atomic E-state index is 13.7. The fraction of sp³-hybridized carbons (Fsp3) is 0.105. The van der Waals surface area contributed by atoms with Crippen molar-refractivity contribution in [3.8, 4) is 10.4 Å². The van der Waals surface area contributed by atoms with Crippen LogP contribution in [-0.4, -0.2) is 16.8 Å².